The van der Waals surface area contributed by atoms with Crippen LogP contribution in [-0.2, 0) is 6.54 Å². The summed E-state index contributed by atoms with van der Waals surface area (Å²) in [5, 5.41) is 3.14. The number of benzene rings is 1. The van der Waals surface area contributed by atoms with E-state index in [-0.39, 0.29) is 6.42 Å². The van der Waals surface area contributed by atoms with Crippen molar-refractivity contribution in [2.75, 3.05) is 19.8 Å². The first-order valence-corrected chi connectivity index (χ1v) is 7.60. The first kappa shape index (κ1) is 16.4. The largest absolute Gasteiger partial charge is 0.486 e. The van der Waals surface area contributed by atoms with Gasteiger partial charge in [0.05, 0.1) is 4.47 Å². The van der Waals surface area contributed by atoms with E-state index in [1.165, 1.54) is 0 Å². The molecular weight excluding hydrogens is 351 g/mol. The van der Waals surface area contributed by atoms with Gasteiger partial charge in [-0.15, -0.1) is 0 Å². The molecule has 0 saturated carbocycles. The van der Waals surface area contributed by atoms with E-state index in [0.717, 1.165) is 10.0 Å². The third kappa shape index (κ3) is 5.39. The smallest absolute Gasteiger partial charge is 0.389 e. The van der Waals surface area contributed by atoms with Crippen LogP contribution in [0.15, 0.2) is 16.6 Å². The van der Waals surface area contributed by atoms with Crippen molar-refractivity contribution >= 4 is 15.9 Å². The summed E-state index contributed by atoms with van der Waals surface area (Å²) in [7, 11) is 0. The van der Waals surface area contributed by atoms with Crippen molar-refractivity contribution in [2.45, 2.75) is 32.0 Å². The minimum absolute atomic E-state index is 0.154. The number of unbranched alkanes of at least 4 members (excludes halogenated alkanes) is 1. The lowest BCUT2D eigenvalue weighted by molar-refractivity contribution is -0.135. The number of hydrogen-bond acceptors (Lipinski definition) is 3. The van der Waals surface area contributed by atoms with Gasteiger partial charge in [0.1, 0.15) is 13.2 Å². The van der Waals surface area contributed by atoms with Gasteiger partial charge in [0, 0.05) is 13.0 Å². The van der Waals surface area contributed by atoms with Crippen LogP contribution in [0, 0.1) is 0 Å². The van der Waals surface area contributed by atoms with Gasteiger partial charge in [0.15, 0.2) is 11.5 Å². The van der Waals surface area contributed by atoms with Crippen molar-refractivity contribution in [3.63, 3.8) is 0 Å². The van der Waals surface area contributed by atoms with Crippen molar-refractivity contribution in [1.29, 1.82) is 0 Å². The summed E-state index contributed by atoms with van der Waals surface area (Å²) in [6, 6.07) is 3.82. The Morgan fingerprint density at radius 3 is 2.67 bits per heavy atom. The molecule has 0 spiro atoms. The highest BCUT2D eigenvalue weighted by molar-refractivity contribution is 9.10. The van der Waals surface area contributed by atoms with Crippen LogP contribution < -0.4 is 14.8 Å². The van der Waals surface area contributed by atoms with Gasteiger partial charge in [-0.05, 0) is 53.0 Å². The van der Waals surface area contributed by atoms with Crippen molar-refractivity contribution in [1.82, 2.24) is 5.32 Å². The normalized spacial score (nSPS) is 14.3. The highest BCUT2D eigenvalue weighted by atomic mass is 79.9. The number of nitrogens with one attached hydrogen (secondary N) is 1. The Morgan fingerprint density at radius 2 is 1.90 bits per heavy atom. The minimum Gasteiger partial charge on any atom is -0.486 e. The van der Waals surface area contributed by atoms with Crippen molar-refractivity contribution in [2.24, 2.45) is 0 Å². The molecule has 0 fully saturated rings. The molecule has 1 N–H and O–H groups in total. The first-order valence-electron chi connectivity index (χ1n) is 6.81. The summed E-state index contributed by atoms with van der Waals surface area (Å²) in [6.45, 7) is 2.19. The summed E-state index contributed by atoms with van der Waals surface area (Å²) in [5.74, 6) is 1.40. The van der Waals surface area contributed by atoms with Gasteiger partial charge >= 0.3 is 6.18 Å². The summed E-state index contributed by atoms with van der Waals surface area (Å²) in [6.07, 6.45) is -4.11. The molecular formula is C14H17BrF3NO2. The molecule has 3 nitrogen and oxygen atoms in total. The average molecular weight is 368 g/mol. The quantitative estimate of drug-likeness (QED) is 0.769. The molecule has 0 saturated heterocycles. The maximum absolute atomic E-state index is 12.0. The molecule has 1 aromatic carbocycles. The molecule has 0 radical (unpaired) electrons. The predicted molar refractivity (Wildman–Crippen MR) is 76.7 cm³/mol. The molecule has 1 aliphatic rings. The summed E-state index contributed by atoms with van der Waals surface area (Å²) >= 11 is 3.43. The molecule has 0 aliphatic carbocycles. The Labute approximate surface area is 129 Å². The summed E-state index contributed by atoms with van der Waals surface area (Å²) in [5.41, 5.74) is 1.00. The number of ether oxygens (including phenoxy) is 2. The summed E-state index contributed by atoms with van der Waals surface area (Å²) < 4.78 is 47.8. The van der Waals surface area contributed by atoms with Gasteiger partial charge in [-0.25, -0.2) is 0 Å². The van der Waals surface area contributed by atoms with Crippen LogP contribution in [0.1, 0.15) is 24.8 Å². The molecule has 0 atom stereocenters. The lowest BCUT2D eigenvalue weighted by atomic mass is 10.2. The van der Waals surface area contributed by atoms with E-state index in [4.69, 9.17) is 9.47 Å². The third-order valence-corrected chi connectivity index (χ3v) is 3.64. The fraction of sp³-hybridized carbons (Fsp3) is 0.571. The van der Waals surface area contributed by atoms with Crippen LogP contribution >= 0.6 is 15.9 Å². The second-order valence-electron chi connectivity index (χ2n) is 4.85. The average Bonchev–Trinajstić information content (AvgIpc) is 2.41. The van der Waals surface area contributed by atoms with Crippen LogP contribution in [-0.4, -0.2) is 25.9 Å². The SMILES string of the molecule is FC(F)(F)CCCCNCc1cc(Br)c2c(c1)OCCO2. The number of rotatable bonds is 6. The standard InChI is InChI=1S/C14H17BrF3NO2/c15-11-7-10(8-12-13(11)21-6-5-20-12)9-19-4-2-1-3-14(16,17)18/h7-8,19H,1-6,9H2. The maximum Gasteiger partial charge on any atom is 0.389 e. The number of alkyl halides is 3. The molecule has 7 heteroatoms. The monoisotopic (exact) mass is 367 g/mol. The molecule has 118 valence electrons. The highest BCUT2D eigenvalue weighted by Gasteiger charge is 2.25. The molecule has 1 aromatic rings. The first-order chi connectivity index (χ1) is 9.96. The molecule has 21 heavy (non-hydrogen) atoms. The van der Waals surface area contributed by atoms with E-state index in [1.54, 1.807) is 0 Å². The van der Waals surface area contributed by atoms with E-state index in [2.05, 4.69) is 21.2 Å². The zero-order chi connectivity index (χ0) is 15.3. The Morgan fingerprint density at radius 1 is 1.14 bits per heavy atom. The number of fused-ring (bicyclic) bond motifs is 1. The molecule has 0 aromatic heterocycles. The Bertz CT molecular complexity index is 480. The Balaban J connectivity index is 1.75. The summed E-state index contributed by atoms with van der Waals surface area (Å²) in [4.78, 5) is 0. The zero-order valence-corrected chi connectivity index (χ0v) is 13.0. The third-order valence-electron chi connectivity index (χ3n) is 3.05. The van der Waals surface area contributed by atoms with E-state index in [0.29, 0.717) is 44.2 Å². The van der Waals surface area contributed by atoms with E-state index >= 15 is 0 Å². The van der Waals surface area contributed by atoms with Gasteiger partial charge in [-0.2, -0.15) is 13.2 Å². The lowest BCUT2D eigenvalue weighted by Crippen LogP contribution is -2.18. The van der Waals surface area contributed by atoms with Gasteiger partial charge in [0.25, 0.3) is 0 Å². The molecule has 1 aliphatic heterocycles. The fourth-order valence-electron chi connectivity index (χ4n) is 2.07. The predicted octanol–water partition coefficient (Wildman–Crippen LogP) is 4.04. The van der Waals surface area contributed by atoms with Crippen LogP contribution in [0.4, 0.5) is 13.2 Å². The number of halogens is 4. The maximum atomic E-state index is 12.0. The molecule has 0 unspecified atom stereocenters. The Hall–Kier alpha value is -0.950. The van der Waals surface area contributed by atoms with Crippen molar-refractivity contribution in [3.05, 3.63) is 22.2 Å². The van der Waals surface area contributed by atoms with Gasteiger partial charge in [-0.3, -0.25) is 0 Å². The van der Waals surface area contributed by atoms with Crippen LogP contribution in [0.3, 0.4) is 0 Å². The van der Waals surface area contributed by atoms with E-state index < -0.39 is 12.6 Å². The van der Waals surface area contributed by atoms with E-state index in [9.17, 15) is 13.2 Å². The minimum atomic E-state index is -4.05. The van der Waals surface area contributed by atoms with Gasteiger partial charge < -0.3 is 14.8 Å². The van der Waals surface area contributed by atoms with Gasteiger partial charge in [0.2, 0.25) is 0 Å². The Kier molecular flexibility index (Phi) is 5.75. The van der Waals surface area contributed by atoms with E-state index in [1.807, 2.05) is 12.1 Å². The van der Waals surface area contributed by atoms with Crippen LogP contribution in [0.2, 0.25) is 0 Å². The van der Waals surface area contributed by atoms with Crippen LogP contribution in [0.25, 0.3) is 0 Å². The van der Waals surface area contributed by atoms with Crippen LogP contribution in [0.5, 0.6) is 11.5 Å². The second-order valence-corrected chi connectivity index (χ2v) is 5.71. The van der Waals surface area contributed by atoms with Crippen molar-refractivity contribution in [3.8, 4) is 11.5 Å². The van der Waals surface area contributed by atoms with Gasteiger partial charge in [-0.1, -0.05) is 0 Å². The zero-order valence-electron chi connectivity index (χ0n) is 11.4. The second kappa shape index (κ2) is 7.35. The fourth-order valence-corrected chi connectivity index (χ4v) is 2.68. The molecule has 0 amide bonds. The molecule has 2 rings (SSSR count). The lowest BCUT2D eigenvalue weighted by Gasteiger charge is -2.20. The highest BCUT2D eigenvalue weighted by Crippen LogP contribution is 2.38. The molecule has 1 heterocycles. The van der Waals surface area contributed by atoms with Crippen molar-refractivity contribution < 1.29 is 22.6 Å². The number of hydrogen-bond donors (Lipinski definition) is 1. The topological polar surface area (TPSA) is 30.5 Å². The molecule has 0 bridgehead atoms.